The van der Waals surface area contributed by atoms with Crippen LogP contribution in [0.3, 0.4) is 0 Å². The fraction of sp³-hybridized carbons (Fsp3) is 0.667. The topological polar surface area (TPSA) is 54.3 Å². The minimum absolute atomic E-state index is 0.101. The fourth-order valence-corrected chi connectivity index (χ4v) is 2.78. The van der Waals surface area contributed by atoms with Crippen molar-refractivity contribution in [2.24, 2.45) is 5.41 Å². The molecule has 1 fully saturated rings. The second-order valence-corrected chi connectivity index (χ2v) is 5.57. The minimum Gasteiger partial charge on any atom is -0.469 e. The van der Waals surface area contributed by atoms with Crippen molar-refractivity contribution < 1.29 is 9.21 Å². The molecule has 0 radical (unpaired) electrons. The van der Waals surface area contributed by atoms with Gasteiger partial charge in [0.05, 0.1) is 11.7 Å². The second kappa shape index (κ2) is 6.24. The maximum atomic E-state index is 12.5. The van der Waals surface area contributed by atoms with Gasteiger partial charge in [0.2, 0.25) is 5.91 Å². The number of carbonyl (C=O) groups excluding carboxylic acids is 1. The van der Waals surface area contributed by atoms with E-state index < -0.39 is 0 Å². The first kappa shape index (κ1) is 14.1. The van der Waals surface area contributed by atoms with Crippen LogP contribution in [0.25, 0.3) is 0 Å². The zero-order valence-corrected chi connectivity index (χ0v) is 11.9. The number of carbonyl (C=O) groups is 1. The van der Waals surface area contributed by atoms with E-state index in [0.717, 1.165) is 44.5 Å². The number of furan rings is 1. The molecule has 0 spiro atoms. The van der Waals surface area contributed by atoms with Gasteiger partial charge in [0.15, 0.2) is 0 Å². The average molecular weight is 264 g/mol. The molecule has 2 heterocycles. The summed E-state index contributed by atoms with van der Waals surface area (Å²) >= 11 is 0. The van der Waals surface area contributed by atoms with Gasteiger partial charge >= 0.3 is 0 Å². The van der Waals surface area contributed by atoms with Gasteiger partial charge in [0, 0.05) is 19.0 Å². The average Bonchev–Trinajstić information content (AvgIpc) is 2.92. The predicted molar refractivity (Wildman–Crippen MR) is 74.8 cm³/mol. The molecule has 1 saturated heterocycles. The molecule has 2 atom stereocenters. The Kier molecular flexibility index (Phi) is 4.64. The molecule has 1 amide bonds. The van der Waals surface area contributed by atoms with Crippen molar-refractivity contribution in [3.05, 3.63) is 24.2 Å². The lowest BCUT2D eigenvalue weighted by molar-refractivity contribution is -0.133. The van der Waals surface area contributed by atoms with E-state index in [1.807, 2.05) is 19.1 Å². The third-order valence-corrected chi connectivity index (χ3v) is 4.10. The molecular formula is C15H24N2O2. The van der Waals surface area contributed by atoms with Crippen LogP contribution in [0.2, 0.25) is 0 Å². The van der Waals surface area contributed by atoms with Gasteiger partial charge in [-0.25, -0.2) is 0 Å². The Labute approximate surface area is 114 Å². The van der Waals surface area contributed by atoms with E-state index in [1.54, 1.807) is 6.26 Å². The maximum absolute atomic E-state index is 12.5. The Morgan fingerprint density at radius 1 is 1.63 bits per heavy atom. The predicted octanol–water partition coefficient (Wildman–Crippen LogP) is 2.11. The molecule has 1 aromatic rings. The van der Waals surface area contributed by atoms with Crippen molar-refractivity contribution in [3.8, 4) is 0 Å². The third kappa shape index (κ3) is 3.38. The van der Waals surface area contributed by atoms with E-state index in [-0.39, 0.29) is 17.4 Å². The number of hydrogen-bond donors (Lipinski definition) is 2. The Morgan fingerprint density at radius 2 is 2.47 bits per heavy atom. The van der Waals surface area contributed by atoms with Gasteiger partial charge in [-0.15, -0.1) is 0 Å². The maximum Gasteiger partial charge on any atom is 0.227 e. The van der Waals surface area contributed by atoms with Crippen LogP contribution in [0.4, 0.5) is 0 Å². The van der Waals surface area contributed by atoms with Gasteiger partial charge in [-0.2, -0.15) is 0 Å². The summed E-state index contributed by atoms with van der Waals surface area (Å²) < 4.78 is 5.32. The largest absolute Gasteiger partial charge is 0.469 e. The van der Waals surface area contributed by atoms with Gasteiger partial charge in [-0.3, -0.25) is 4.79 Å². The number of hydrogen-bond acceptors (Lipinski definition) is 3. The molecule has 106 valence electrons. The van der Waals surface area contributed by atoms with Crippen molar-refractivity contribution in [1.29, 1.82) is 0 Å². The number of nitrogens with one attached hydrogen (secondary N) is 2. The highest BCUT2D eigenvalue weighted by Gasteiger charge is 2.38. The molecule has 0 aliphatic carbocycles. The zero-order valence-electron chi connectivity index (χ0n) is 11.9. The van der Waals surface area contributed by atoms with E-state index >= 15 is 0 Å². The summed E-state index contributed by atoms with van der Waals surface area (Å²) in [6.07, 6.45) is 5.36. The van der Waals surface area contributed by atoms with Gasteiger partial charge < -0.3 is 15.1 Å². The summed E-state index contributed by atoms with van der Waals surface area (Å²) in [6.45, 7) is 5.95. The summed E-state index contributed by atoms with van der Waals surface area (Å²) in [5.74, 6) is 1.10. The lowest BCUT2D eigenvalue weighted by Gasteiger charge is -2.36. The normalized spacial score (nSPS) is 24.9. The Balaban J connectivity index is 1.91. The van der Waals surface area contributed by atoms with Crippen LogP contribution in [-0.2, 0) is 11.2 Å². The summed E-state index contributed by atoms with van der Waals surface area (Å²) in [5, 5.41) is 6.49. The number of amides is 1. The van der Waals surface area contributed by atoms with Crippen molar-refractivity contribution in [3.63, 3.8) is 0 Å². The fourth-order valence-electron chi connectivity index (χ4n) is 2.78. The van der Waals surface area contributed by atoms with Crippen LogP contribution >= 0.6 is 0 Å². The second-order valence-electron chi connectivity index (χ2n) is 5.57. The number of rotatable bonds is 5. The van der Waals surface area contributed by atoms with Crippen molar-refractivity contribution in [2.45, 2.75) is 45.6 Å². The van der Waals surface area contributed by atoms with E-state index in [2.05, 4.69) is 17.6 Å². The van der Waals surface area contributed by atoms with E-state index in [9.17, 15) is 4.79 Å². The summed E-state index contributed by atoms with van der Waals surface area (Å²) in [7, 11) is 0. The Morgan fingerprint density at radius 3 is 3.05 bits per heavy atom. The minimum atomic E-state index is -0.227. The SMILES string of the molecule is CCC1(C(=O)NC(C)Cc2ccco2)CCCNC1. The third-order valence-electron chi connectivity index (χ3n) is 4.10. The molecule has 4 nitrogen and oxygen atoms in total. The van der Waals surface area contributed by atoms with Crippen LogP contribution in [0.1, 0.15) is 38.9 Å². The molecule has 0 saturated carbocycles. The Bertz CT molecular complexity index is 394. The van der Waals surface area contributed by atoms with Crippen LogP contribution < -0.4 is 10.6 Å². The van der Waals surface area contributed by atoms with Gasteiger partial charge in [-0.05, 0) is 44.9 Å². The zero-order chi connectivity index (χ0) is 13.7. The lowest BCUT2D eigenvalue weighted by atomic mass is 9.77. The van der Waals surface area contributed by atoms with Crippen molar-refractivity contribution >= 4 is 5.91 Å². The molecule has 0 aromatic carbocycles. The standard InChI is InChI=1S/C15H24N2O2/c1-3-15(7-5-8-16-11-15)14(18)17-12(2)10-13-6-4-9-19-13/h4,6,9,12,16H,3,5,7-8,10-11H2,1-2H3,(H,17,18). The smallest absolute Gasteiger partial charge is 0.227 e. The molecule has 2 unspecified atom stereocenters. The van der Waals surface area contributed by atoms with E-state index in [0.29, 0.717) is 0 Å². The van der Waals surface area contributed by atoms with Gasteiger partial charge in [0.25, 0.3) is 0 Å². The number of piperidine rings is 1. The van der Waals surface area contributed by atoms with Gasteiger partial charge in [-0.1, -0.05) is 6.92 Å². The van der Waals surface area contributed by atoms with Crippen LogP contribution in [-0.4, -0.2) is 25.0 Å². The van der Waals surface area contributed by atoms with E-state index in [4.69, 9.17) is 4.42 Å². The first-order chi connectivity index (χ1) is 9.16. The molecule has 2 rings (SSSR count). The molecular weight excluding hydrogens is 240 g/mol. The first-order valence-electron chi connectivity index (χ1n) is 7.20. The highest BCUT2D eigenvalue weighted by atomic mass is 16.3. The summed E-state index contributed by atoms with van der Waals surface area (Å²) in [4.78, 5) is 12.5. The monoisotopic (exact) mass is 264 g/mol. The first-order valence-corrected chi connectivity index (χ1v) is 7.20. The van der Waals surface area contributed by atoms with Crippen molar-refractivity contribution in [2.75, 3.05) is 13.1 Å². The molecule has 19 heavy (non-hydrogen) atoms. The molecule has 2 N–H and O–H groups in total. The van der Waals surface area contributed by atoms with E-state index in [1.165, 1.54) is 0 Å². The van der Waals surface area contributed by atoms with Gasteiger partial charge in [0.1, 0.15) is 5.76 Å². The molecule has 1 aliphatic rings. The van der Waals surface area contributed by atoms with Crippen LogP contribution in [0.15, 0.2) is 22.8 Å². The summed E-state index contributed by atoms with van der Waals surface area (Å²) in [6, 6.07) is 3.92. The van der Waals surface area contributed by atoms with Crippen LogP contribution in [0, 0.1) is 5.41 Å². The molecule has 1 aromatic heterocycles. The highest BCUT2D eigenvalue weighted by Crippen LogP contribution is 2.30. The lowest BCUT2D eigenvalue weighted by Crippen LogP contribution is -2.52. The van der Waals surface area contributed by atoms with Crippen molar-refractivity contribution in [1.82, 2.24) is 10.6 Å². The molecule has 0 bridgehead atoms. The highest BCUT2D eigenvalue weighted by molar-refractivity contribution is 5.83. The Hall–Kier alpha value is -1.29. The molecule has 1 aliphatic heterocycles. The quantitative estimate of drug-likeness (QED) is 0.856. The molecule has 4 heteroatoms. The van der Waals surface area contributed by atoms with Crippen LogP contribution in [0.5, 0.6) is 0 Å². The summed E-state index contributed by atoms with van der Waals surface area (Å²) in [5.41, 5.74) is -0.227.